The molecule has 1 atom stereocenters. The van der Waals surface area contributed by atoms with Crippen LogP contribution in [0.15, 0.2) is 24.3 Å². The molecule has 1 heterocycles. The molecule has 1 aliphatic heterocycles. The van der Waals surface area contributed by atoms with Crippen molar-refractivity contribution in [2.45, 2.75) is 45.1 Å². The van der Waals surface area contributed by atoms with Crippen molar-refractivity contribution in [1.29, 1.82) is 0 Å². The zero-order valence-corrected chi connectivity index (χ0v) is 13.3. The maximum Gasteiger partial charge on any atom is 0.319 e. The molecule has 1 saturated heterocycles. The van der Waals surface area contributed by atoms with E-state index < -0.39 is 0 Å². The molecule has 2 amide bonds. The van der Waals surface area contributed by atoms with Crippen LogP contribution >= 0.6 is 0 Å². The summed E-state index contributed by atoms with van der Waals surface area (Å²) in [4.78, 5) is 14.3. The lowest BCUT2D eigenvalue weighted by atomic mass is 10.1. The molecular weight excluding hydrogens is 278 g/mol. The van der Waals surface area contributed by atoms with Gasteiger partial charge in [0.15, 0.2) is 0 Å². The third kappa shape index (κ3) is 4.91. The first-order valence-electron chi connectivity index (χ1n) is 8.26. The van der Waals surface area contributed by atoms with Gasteiger partial charge in [0.2, 0.25) is 0 Å². The Morgan fingerprint density at radius 2 is 1.91 bits per heavy atom. The van der Waals surface area contributed by atoms with Crippen LogP contribution in [0.3, 0.4) is 0 Å². The van der Waals surface area contributed by atoms with Gasteiger partial charge in [-0.3, -0.25) is 0 Å². The Hall–Kier alpha value is -1.75. The highest BCUT2D eigenvalue weighted by molar-refractivity contribution is 5.89. The predicted octanol–water partition coefficient (Wildman–Crippen LogP) is 2.96. The number of urea groups is 1. The van der Waals surface area contributed by atoms with Crippen molar-refractivity contribution in [3.05, 3.63) is 24.3 Å². The zero-order valence-electron chi connectivity index (χ0n) is 13.3. The molecule has 1 aromatic carbocycles. The average Bonchev–Trinajstić information content (AvgIpc) is 2.56. The molecule has 0 saturated carbocycles. The van der Waals surface area contributed by atoms with E-state index in [4.69, 9.17) is 5.11 Å². The lowest BCUT2D eigenvalue weighted by Crippen LogP contribution is -2.38. The largest absolute Gasteiger partial charge is 0.396 e. The second kappa shape index (κ2) is 8.63. The molecule has 1 aromatic rings. The number of nitrogens with zero attached hydrogens (tertiary/aromatic N) is 1. The zero-order chi connectivity index (χ0) is 15.8. The SMILES string of the molecule is CCC(CCO)NC(=O)Nc1ccc(N2CCCCC2)cc1. The quantitative estimate of drug-likeness (QED) is 0.757. The number of benzene rings is 1. The lowest BCUT2D eigenvalue weighted by Gasteiger charge is -2.28. The van der Waals surface area contributed by atoms with Crippen molar-refractivity contribution < 1.29 is 9.90 Å². The van der Waals surface area contributed by atoms with Gasteiger partial charge in [-0.1, -0.05) is 6.92 Å². The van der Waals surface area contributed by atoms with Gasteiger partial charge in [-0.2, -0.15) is 0 Å². The molecule has 0 aromatic heterocycles. The molecular formula is C17H27N3O2. The van der Waals surface area contributed by atoms with Crippen molar-refractivity contribution in [2.75, 3.05) is 29.9 Å². The molecule has 3 N–H and O–H groups in total. The molecule has 0 aliphatic carbocycles. The van der Waals surface area contributed by atoms with Crippen molar-refractivity contribution in [2.24, 2.45) is 0 Å². The van der Waals surface area contributed by atoms with E-state index in [2.05, 4.69) is 27.7 Å². The van der Waals surface area contributed by atoms with Crippen LogP contribution in [-0.2, 0) is 0 Å². The van der Waals surface area contributed by atoms with Crippen LogP contribution in [0.2, 0.25) is 0 Å². The normalized spacial score (nSPS) is 16.2. The van der Waals surface area contributed by atoms with Crippen LogP contribution in [0.5, 0.6) is 0 Å². The highest BCUT2D eigenvalue weighted by atomic mass is 16.3. The first-order chi connectivity index (χ1) is 10.7. The van der Waals surface area contributed by atoms with Gasteiger partial charge in [-0.25, -0.2) is 4.79 Å². The van der Waals surface area contributed by atoms with Gasteiger partial charge in [-0.15, -0.1) is 0 Å². The number of piperidine rings is 1. The third-order valence-electron chi connectivity index (χ3n) is 4.15. The number of anilines is 2. The van der Waals surface area contributed by atoms with E-state index in [9.17, 15) is 4.79 Å². The smallest absolute Gasteiger partial charge is 0.319 e. The minimum Gasteiger partial charge on any atom is -0.396 e. The van der Waals surface area contributed by atoms with Gasteiger partial charge < -0.3 is 20.6 Å². The van der Waals surface area contributed by atoms with Gasteiger partial charge >= 0.3 is 6.03 Å². The summed E-state index contributed by atoms with van der Waals surface area (Å²) in [6, 6.07) is 7.80. The number of carbonyl (C=O) groups is 1. The Balaban J connectivity index is 1.86. The first kappa shape index (κ1) is 16.6. The van der Waals surface area contributed by atoms with Crippen molar-refractivity contribution in [1.82, 2.24) is 5.32 Å². The third-order valence-corrected chi connectivity index (χ3v) is 4.15. The van der Waals surface area contributed by atoms with Gasteiger partial charge in [-0.05, 0) is 56.4 Å². The summed E-state index contributed by atoms with van der Waals surface area (Å²) in [5.41, 5.74) is 2.01. The molecule has 1 aliphatic rings. The Labute approximate surface area is 132 Å². The summed E-state index contributed by atoms with van der Waals surface area (Å²) in [5, 5.41) is 14.7. The number of carbonyl (C=O) groups excluding carboxylic acids is 1. The van der Waals surface area contributed by atoms with E-state index in [1.165, 1.54) is 24.9 Å². The van der Waals surface area contributed by atoms with Crippen LogP contribution < -0.4 is 15.5 Å². The molecule has 2 rings (SSSR count). The Morgan fingerprint density at radius 3 is 2.50 bits per heavy atom. The standard InChI is InChI=1S/C17H27N3O2/c1-2-14(10-13-21)18-17(22)19-15-6-8-16(9-7-15)20-11-4-3-5-12-20/h6-9,14,21H,2-5,10-13H2,1H3,(H2,18,19,22). The van der Waals surface area contributed by atoms with E-state index in [1.54, 1.807) is 0 Å². The second-order valence-corrected chi connectivity index (χ2v) is 5.81. The lowest BCUT2D eigenvalue weighted by molar-refractivity contribution is 0.237. The summed E-state index contributed by atoms with van der Waals surface area (Å²) in [5.74, 6) is 0. The summed E-state index contributed by atoms with van der Waals surface area (Å²) < 4.78 is 0. The van der Waals surface area contributed by atoms with E-state index >= 15 is 0 Å². The molecule has 5 nitrogen and oxygen atoms in total. The number of amides is 2. The molecule has 0 bridgehead atoms. The topological polar surface area (TPSA) is 64.6 Å². The molecule has 122 valence electrons. The second-order valence-electron chi connectivity index (χ2n) is 5.81. The molecule has 22 heavy (non-hydrogen) atoms. The number of aliphatic hydroxyl groups excluding tert-OH is 1. The fraction of sp³-hybridized carbons (Fsp3) is 0.588. The molecule has 1 unspecified atom stereocenters. The van der Waals surface area contributed by atoms with Gasteiger partial charge in [0.05, 0.1) is 0 Å². The van der Waals surface area contributed by atoms with Crippen LogP contribution in [0, 0.1) is 0 Å². The number of hydrogen-bond donors (Lipinski definition) is 3. The van der Waals surface area contributed by atoms with Crippen LogP contribution in [0.25, 0.3) is 0 Å². The predicted molar refractivity (Wildman–Crippen MR) is 90.4 cm³/mol. The molecule has 5 heteroatoms. The summed E-state index contributed by atoms with van der Waals surface area (Å²) in [6.07, 6.45) is 5.22. The number of hydrogen-bond acceptors (Lipinski definition) is 3. The van der Waals surface area contributed by atoms with Crippen molar-refractivity contribution in [3.63, 3.8) is 0 Å². The maximum absolute atomic E-state index is 11.9. The minimum atomic E-state index is -0.217. The van der Waals surface area contributed by atoms with Gasteiger partial charge in [0.1, 0.15) is 0 Å². The Bertz CT molecular complexity index is 455. The van der Waals surface area contributed by atoms with Crippen LogP contribution in [0.4, 0.5) is 16.2 Å². The summed E-state index contributed by atoms with van der Waals surface area (Å²) in [7, 11) is 0. The number of aliphatic hydroxyl groups is 1. The highest BCUT2D eigenvalue weighted by Gasteiger charge is 2.12. The number of rotatable bonds is 6. The minimum absolute atomic E-state index is 0.0117. The summed E-state index contributed by atoms with van der Waals surface area (Å²) >= 11 is 0. The number of nitrogens with one attached hydrogen (secondary N) is 2. The molecule has 0 radical (unpaired) electrons. The van der Waals surface area contributed by atoms with Gasteiger partial charge in [0.25, 0.3) is 0 Å². The van der Waals surface area contributed by atoms with E-state index in [0.29, 0.717) is 6.42 Å². The molecule has 0 spiro atoms. The fourth-order valence-electron chi connectivity index (χ4n) is 2.79. The Morgan fingerprint density at radius 1 is 1.23 bits per heavy atom. The molecule has 1 fully saturated rings. The highest BCUT2D eigenvalue weighted by Crippen LogP contribution is 2.21. The van der Waals surface area contributed by atoms with E-state index in [-0.39, 0.29) is 18.7 Å². The summed E-state index contributed by atoms with van der Waals surface area (Å²) in [6.45, 7) is 4.32. The monoisotopic (exact) mass is 305 g/mol. The first-order valence-corrected chi connectivity index (χ1v) is 8.26. The average molecular weight is 305 g/mol. The van der Waals surface area contributed by atoms with E-state index in [1.807, 2.05) is 19.1 Å². The fourth-order valence-corrected chi connectivity index (χ4v) is 2.79. The van der Waals surface area contributed by atoms with Crippen molar-refractivity contribution in [3.8, 4) is 0 Å². The Kier molecular flexibility index (Phi) is 6.52. The van der Waals surface area contributed by atoms with Crippen molar-refractivity contribution >= 4 is 17.4 Å². The van der Waals surface area contributed by atoms with Gasteiger partial charge in [0, 0.05) is 37.1 Å². The maximum atomic E-state index is 11.9. The van der Waals surface area contributed by atoms with E-state index in [0.717, 1.165) is 25.2 Å². The van der Waals surface area contributed by atoms with Crippen LogP contribution in [-0.4, -0.2) is 36.9 Å². The van der Waals surface area contributed by atoms with Crippen LogP contribution in [0.1, 0.15) is 39.0 Å².